The molecule has 4 heterocycles. The summed E-state index contributed by atoms with van der Waals surface area (Å²) >= 11 is 14.2. The predicted octanol–water partition coefficient (Wildman–Crippen LogP) is 9.26. The van der Waals surface area contributed by atoms with Crippen LogP contribution in [-0.2, 0) is 26.2 Å². The lowest BCUT2D eigenvalue weighted by Gasteiger charge is -2.49. The van der Waals surface area contributed by atoms with Gasteiger partial charge >= 0.3 is 6.36 Å². The standard InChI is InChI=1S/C42H33Cl2F3N4O6S/c1-18-5-7-21(14-29(18)44)50-37(53)24-10-9-23-26(34(24)39(50)55)16-28-38(54)51(33-17-30(48-49(33)4)36-19(2)25-13-20(43)6-12-32(25)58-36)40(56)41(28,3)35(23)27-15-22(8-11-31(27)52)57-42(45,46)47/h5-9,11-15,17,24,26,28,34-35,52H,10,16H2,1-4H3/t24-,26+,28-,34-,35+,41+/m0/s1. The van der Waals surface area contributed by atoms with Crippen molar-refractivity contribution in [3.8, 4) is 22.1 Å². The molecule has 3 aromatic carbocycles. The summed E-state index contributed by atoms with van der Waals surface area (Å²) in [5, 5.41) is 18.0. The minimum Gasteiger partial charge on any atom is -0.508 e. The molecule has 0 unspecified atom stereocenters. The lowest BCUT2D eigenvalue weighted by molar-refractivity contribution is -0.274. The highest BCUT2D eigenvalue weighted by molar-refractivity contribution is 7.22. The van der Waals surface area contributed by atoms with Crippen LogP contribution in [0.2, 0.25) is 10.0 Å². The highest BCUT2D eigenvalue weighted by atomic mass is 35.5. The molecule has 9 rings (SSSR count). The van der Waals surface area contributed by atoms with Crippen molar-refractivity contribution in [2.75, 3.05) is 9.80 Å². The fourth-order valence-electron chi connectivity index (χ4n) is 9.73. The Balaban J connectivity index is 1.17. The van der Waals surface area contributed by atoms with Gasteiger partial charge in [-0.15, -0.1) is 24.5 Å². The molecule has 2 saturated heterocycles. The number of aryl methyl sites for hydroxylation is 3. The summed E-state index contributed by atoms with van der Waals surface area (Å²) < 4.78 is 47.3. The van der Waals surface area contributed by atoms with Gasteiger partial charge in [-0.2, -0.15) is 5.10 Å². The number of halogens is 5. The topological polar surface area (TPSA) is 122 Å². The lowest BCUT2D eigenvalue weighted by Crippen LogP contribution is -2.49. The molecule has 58 heavy (non-hydrogen) atoms. The minimum atomic E-state index is -5.07. The molecule has 1 saturated carbocycles. The van der Waals surface area contributed by atoms with E-state index in [1.165, 1.54) is 22.1 Å². The van der Waals surface area contributed by atoms with Crippen LogP contribution in [0.15, 0.2) is 72.3 Å². The number of benzene rings is 3. The van der Waals surface area contributed by atoms with E-state index in [1.807, 2.05) is 19.1 Å². The van der Waals surface area contributed by atoms with Crippen molar-refractivity contribution in [1.29, 1.82) is 0 Å². The first-order valence-electron chi connectivity index (χ1n) is 18.4. The summed E-state index contributed by atoms with van der Waals surface area (Å²) in [7, 11) is 1.60. The van der Waals surface area contributed by atoms with Crippen LogP contribution >= 0.6 is 34.5 Å². The third-order valence-electron chi connectivity index (χ3n) is 12.4. The third kappa shape index (κ3) is 5.62. The van der Waals surface area contributed by atoms with Crippen molar-refractivity contribution >= 4 is 79.8 Å². The Hall–Kier alpha value is -5.18. The number of carbonyl (C=O) groups excluding carboxylic acids is 4. The average Bonchev–Trinajstić information content (AvgIpc) is 3.83. The summed E-state index contributed by atoms with van der Waals surface area (Å²) in [6.45, 7) is 5.29. The van der Waals surface area contributed by atoms with Crippen molar-refractivity contribution in [3.63, 3.8) is 0 Å². The van der Waals surface area contributed by atoms with Crippen molar-refractivity contribution in [2.24, 2.45) is 36.1 Å². The number of allylic oxidation sites excluding steroid dienone is 2. The third-order valence-corrected chi connectivity index (χ3v) is 14.4. The maximum Gasteiger partial charge on any atom is 0.573 e. The van der Waals surface area contributed by atoms with Crippen LogP contribution in [-0.4, -0.2) is 44.9 Å². The van der Waals surface area contributed by atoms with Crippen LogP contribution in [0.3, 0.4) is 0 Å². The summed E-state index contributed by atoms with van der Waals surface area (Å²) in [4.78, 5) is 61.5. The Bertz CT molecular complexity index is 2690. The van der Waals surface area contributed by atoms with E-state index in [0.717, 1.165) is 54.1 Å². The van der Waals surface area contributed by atoms with Crippen molar-refractivity contribution < 1.29 is 42.2 Å². The summed E-state index contributed by atoms with van der Waals surface area (Å²) in [5.41, 5.74) is 1.15. The van der Waals surface area contributed by atoms with Gasteiger partial charge in [0.1, 0.15) is 23.0 Å². The van der Waals surface area contributed by atoms with Gasteiger partial charge in [0.05, 0.1) is 33.7 Å². The highest BCUT2D eigenvalue weighted by Crippen LogP contribution is 2.65. The number of ether oxygens (including phenoxy) is 1. The second kappa shape index (κ2) is 13.2. The number of nitrogens with zero attached hydrogens (tertiary/aromatic N) is 4. The maximum atomic E-state index is 15.1. The number of carbonyl (C=O) groups is 4. The number of imide groups is 2. The second-order valence-electron chi connectivity index (χ2n) is 15.6. The van der Waals surface area contributed by atoms with Crippen molar-refractivity contribution in [1.82, 2.24) is 9.78 Å². The monoisotopic (exact) mass is 848 g/mol. The molecule has 2 aliphatic heterocycles. The van der Waals surface area contributed by atoms with E-state index in [2.05, 4.69) is 4.74 Å². The number of alkyl halides is 3. The summed E-state index contributed by atoms with van der Waals surface area (Å²) in [6, 6.07) is 15.1. The molecule has 0 bridgehead atoms. The quantitative estimate of drug-likeness (QED) is 0.138. The number of rotatable bonds is 5. The SMILES string of the molecule is Cc1ccc(N2C(=O)[C@H]3[C@H](CC=C4[C@H]3C[C@H]3C(=O)N(c5cc(-c6sc7ccc(Cl)cc7c6C)nn5C)C(=O)[C@@]3(C)[C@H]4c3cc(OC(F)(F)F)ccc3O)C2=O)cc1Cl. The van der Waals surface area contributed by atoms with Gasteiger partial charge in [-0.1, -0.05) is 40.9 Å². The van der Waals surface area contributed by atoms with Gasteiger partial charge in [0.15, 0.2) is 0 Å². The molecule has 4 amide bonds. The molecule has 0 spiro atoms. The van der Waals surface area contributed by atoms with E-state index in [-0.39, 0.29) is 29.9 Å². The van der Waals surface area contributed by atoms with Gasteiger partial charge in [0.2, 0.25) is 23.6 Å². The first-order chi connectivity index (χ1) is 27.4. The van der Waals surface area contributed by atoms with Crippen LogP contribution in [0.25, 0.3) is 20.7 Å². The van der Waals surface area contributed by atoms with Gasteiger partial charge in [-0.05, 0) is 105 Å². The molecular weight excluding hydrogens is 816 g/mol. The smallest absolute Gasteiger partial charge is 0.508 e. The number of phenolic OH excluding ortho intramolecular Hbond substituents is 1. The summed E-state index contributed by atoms with van der Waals surface area (Å²) in [5.74, 6) is -8.07. The number of fused-ring (bicyclic) bond motifs is 5. The van der Waals surface area contributed by atoms with Gasteiger partial charge in [0.25, 0.3) is 0 Å². The first kappa shape index (κ1) is 38.3. The molecule has 1 N–H and O–H groups in total. The van der Waals surface area contributed by atoms with Gasteiger partial charge in [-0.3, -0.25) is 23.9 Å². The van der Waals surface area contributed by atoms with Gasteiger partial charge in [0, 0.05) is 39.3 Å². The molecule has 2 aromatic heterocycles. The zero-order valence-electron chi connectivity index (χ0n) is 31.2. The molecule has 298 valence electrons. The zero-order chi connectivity index (χ0) is 41.3. The Morgan fingerprint density at radius 2 is 1.69 bits per heavy atom. The number of thiophene rings is 1. The minimum absolute atomic E-state index is 0.0248. The van der Waals surface area contributed by atoms with E-state index in [4.69, 9.17) is 28.3 Å². The Kier molecular flexibility index (Phi) is 8.70. The van der Waals surface area contributed by atoms with E-state index in [9.17, 15) is 32.7 Å². The fraction of sp³-hybridized carbons (Fsp3) is 0.310. The number of hydrogen-bond donors (Lipinski definition) is 1. The van der Waals surface area contributed by atoms with Crippen LogP contribution < -0.4 is 14.5 Å². The first-order valence-corrected chi connectivity index (χ1v) is 20.0. The highest BCUT2D eigenvalue weighted by Gasteiger charge is 2.68. The largest absolute Gasteiger partial charge is 0.573 e. The number of aromatic hydroxyl groups is 1. The van der Waals surface area contributed by atoms with Gasteiger partial charge < -0.3 is 9.84 Å². The molecule has 6 atom stereocenters. The number of anilines is 2. The second-order valence-corrected chi connectivity index (χ2v) is 17.5. The van der Waals surface area contributed by atoms with Crippen LogP contribution in [0, 0.1) is 42.9 Å². The van der Waals surface area contributed by atoms with E-state index in [1.54, 1.807) is 51.2 Å². The van der Waals surface area contributed by atoms with E-state index >= 15 is 4.79 Å². The lowest BCUT2D eigenvalue weighted by atomic mass is 9.51. The fourth-order valence-corrected chi connectivity index (χ4v) is 11.2. The number of amides is 4. The van der Waals surface area contributed by atoms with Crippen LogP contribution in [0.1, 0.15) is 42.4 Å². The summed E-state index contributed by atoms with van der Waals surface area (Å²) in [6.07, 6.45) is -3.28. The van der Waals surface area contributed by atoms with Crippen LogP contribution in [0.4, 0.5) is 24.7 Å². The molecule has 2 aliphatic carbocycles. The van der Waals surface area contributed by atoms with Crippen molar-refractivity contribution in [3.05, 3.63) is 99.0 Å². The van der Waals surface area contributed by atoms with E-state index in [0.29, 0.717) is 21.3 Å². The molecule has 4 aliphatic rings. The van der Waals surface area contributed by atoms with Crippen LogP contribution in [0.5, 0.6) is 11.5 Å². The number of phenols is 1. The van der Waals surface area contributed by atoms with E-state index < -0.39 is 76.5 Å². The number of hydrogen-bond acceptors (Lipinski definition) is 8. The Morgan fingerprint density at radius 1 is 0.931 bits per heavy atom. The average molecular weight is 850 g/mol. The normalized spacial score (nSPS) is 25.7. The molecule has 10 nitrogen and oxygen atoms in total. The molecule has 3 fully saturated rings. The predicted molar refractivity (Wildman–Crippen MR) is 212 cm³/mol. The van der Waals surface area contributed by atoms with Crippen molar-refractivity contribution in [2.45, 2.75) is 45.9 Å². The number of aromatic nitrogens is 2. The molecule has 16 heteroatoms. The van der Waals surface area contributed by atoms with Gasteiger partial charge in [-0.25, -0.2) is 9.80 Å². The Labute approximate surface area is 343 Å². The molecule has 5 aromatic rings. The zero-order valence-corrected chi connectivity index (χ0v) is 33.6. The molecular formula is C42H33Cl2F3N4O6S. The Morgan fingerprint density at radius 3 is 2.41 bits per heavy atom. The molecule has 0 radical (unpaired) electrons. The maximum absolute atomic E-state index is 15.1.